The number of aromatic nitrogens is 2. The van der Waals surface area contributed by atoms with E-state index in [0.29, 0.717) is 16.6 Å². The molecular formula is C27H31ClN6O5. The van der Waals surface area contributed by atoms with Crippen LogP contribution in [0.25, 0.3) is 11.1 Å². The molecule has 1 aliphatic heterocycles. The fourth-order valence-corrected chi connectivity index (χ4v) is 5.24. The highest BCUT2D eigenvalue weighted by Crippen LogP contribution is 2.34. The maximum Gasteiger partial charge on any atom is 0.294 e. The molecule has 1 saturated heterocycles. The molecule has 2 fully saturated rings. The molecule has 3 aromatic heterocycles. The molecule has 0 spiro atoms. The van der Waals surface area contributed by atoms with Crippen LogP contribution in [0.4, 0.5) is 11.5 Å². The van der Waals surface area contributed by atoms with Gasteiger partial charge < -0.3 is 24.7 Å². The van der Waals surface area contributed by atoms with Crippen molar-refractivity contribution < 1.29 is 23.5 Å². The van der Waals surface area contributed by atoms with Crippen LogP contribution >= 0.6 is 11.6 Å². The van der Waals surface area contributed by atoms with Gasteiger partial charge in [-0.05, 0) is 43.9 Å². The molecule has 0 unspecified atom stereocenters. The molecule has 0 atom stereocenters. The number of halogens is 1. The second-order valence-corrected chi connectivity index (χ2v) is 10.5. The highest BCUT2D eigenvalue weighted by atomic mass is 35.5. The molecule has 3 aromatic rings. The summed E-state index contributed by atoms with van der Waals surface area (Å²) in [6, 6.07) is 5.13. The molecule has 4 heterocycles. The predicted molar refractivity (Wildman–Crippen MR) is 146 cm³/mol. The maximum atomic E-state index is 13.4. The largest absolute Gasteiger partial charge is 0.447 e. The van der Waals surface area contributed by atoms with Crippen molar-refractivity contribution in [3.8, 4) is 0 Å². The highest BCUT2D eigenvalue weighted by molar-refractivity contribution is 6.30. The number of rotatable bonds is 6. The van der Waals surface area contributed by atoms with Crippen LogP contribution in [0.5, 0.6) is 0 Å². The van der Waals surface area contributed by atoms with Gasteiger partial charge in [-0.3, -0.25) is 19.3 Å². The number of morpholine rings is 1. The standard InChI is InChI=1S/C27H31ClN6O5/c1-33(2)27(37)17-13-20-22(30-14-17)23(24(39-20)26(36)31-21-8-5-18(28)15-29-21)32-25(35)16-3-6-19(7-4-16)34-9-11-38-12-10-34/h5,8,13-16,19H,3-4,6-7,9-12H2,1-2H3,(H,32,35)(H,29,31,36)/t16-,19-. The Morgan fingerprint density at radius 2 is 1.77 bits per heavy atom. The van der Waals surface area contributed by atoms with E-state index in [-0.39, 0.29) is 46.1 Å². The zero-order valence-corrected chi connectivity index (χ0v) is 22.7. The topological polar surface area (TPSA) is 130 Å². The van der Waals surface area contributed by atoms with E-state index >= 15 is 0 Å². The molecule has 0 aromatic carbocycles. The van der Waals surface area contributed by atoms with Gasteiger partial charge in [-0.15, -0.1) is 0 Å². The Kier molecular flexibility index (Phi) is 8.10. The summed E-state index contributed by atoms with van der Waals surface area (Å²) >= 11 is 5.90. The summed E-state index contributed by atoms with van der Waals surface area (Å²) in [7, 11) is 3.26. The van der Waals surface area contributed by atoms with Crippen LogP contribution in [-0.4, -0.2) is 83.9 Å². The molecule has 0 bridgehead atoms. The van der Waals surface area contributed by atoms with E-state index in [1.807, 2.05) is 0 Å². The Hall–Kier alpha value is -3.54. The van der Waals surface area contributed by atoms with Crippen LogP contribution in [-0.2, 0) is 9.53 Å². The van der Waals surface area contributed by atoms with Crippen molar-refractivity contribution in [1.82, 2.24) is 19.8 Å². The second kappa shape index (κ2) is 11.7. The number of hydrogen-bond donors (Lipinski definition) is 2. The first-order chi connectivity index (χ1) is 18.8. The van der Waals surface area contributed by atoms with E-state index in [1.54, 1.807) is 26.2 Å². The summed E-state index contributed by atoms with van der Waals surface area (Å²) in [5.74, 6) is -1.13. The normalized spacial score (nSPS) is 20.0. The third-order valence-corrected chi connectivity index (χ3v) is 7.46. The third-order valence-electron chi connectivity index (χ3n) is 7.23. The molecule has 39 heavy (non-hydrogen) atoms. The number of nitrogens with one attached hydrogen (secondary N) is 2. The number of carbonyl (C=O) groups excluding carboxylic acids is 3. The van der Waals surface area contributed by atoms with Gasteiger partial charge in [-0.25, -0.2) is 9.97 Å². The van der Waals surface area contributed by atoms with Crippen molar-refractivity contribution in [2.75, 3.05) is 51.0 Å². The van der Waals surface area contributed by atoms with Crippen LogP contribution < -0.4 is 10.6 Å². The molecule has 12 heteroatoms. The molecule has 0 radical (unpaired) electrons. The summed E-state index contributed by atoms with van der Waals surface area (Å²) in [6.07, 6.45) is 6.16. The Bertz CT molecular complexity index is 1360. The minimum Gasteiger partial charge on any atom is -0.447 e. The Labute approximate surface area is 230 Å². The number of anilines is 2. The molecule has 2 N–H and O–H groups in total. The number of ether oxygens (including phenoxy) is 1. The molecule has 11 nitrogen and oxygen atoms in total. The fourth-order valence-electron chi connectivity index (χ4n) is 5.12. The lowest BCUT2D eigenvalue weighted by Gasteiger charge is -2.38. The van der Waals surface area contributed by atoms with Crippen LogP contribution in [0.15, 0.2) is 35.0 Å². The van der Waals surface area contributed by atoms with Gasteiger partial charge in [0, 0.05) is 51.5 Å². The molecule has 5 rings (SSSR count). The number of fused-ring (bicyclic) bond motifs is 1. The predicted octanol–water partition coefficient (Wildman–Crippen LogP) is 3.66. The number of carbonyl (C=O) groups is 3. The number of nitrogens with zero attached hydrogens (tertiary/aromatic N) is 4. The number of furan rings is 1. The van der Waals surface area contributed by atoms with Gasteiger partial charge in [0.15, 0.2) is 5.58 Å². The van der Waals surface area contributed by atoms with Gasteiger partial charge in [0.1, 0.15) is 17.0 Å². The zero-order valence-electron chi connectivity index (χ0n) is 21.9. The van der Waals surface area contributed by atoms with Crippen molar-refractivity contribution in [2.24, 2.45) is 5.92 Å². The van der Waals surface area contributed by atoms with Gasteiger partial charge in [-0.1, -0.05) is 11.6 Å². The van der Waals surface area contributed by atoms with Gasteiger partial charge in [0.2, 0.25) is 11.7 Å². The highest BCUT2D eigenvalue weighted by Gasteiger charge is 2.32. The molecule has 1 aliphatic carbocycles. The van der Waals surface area contributed by atoms with Crippen molar-refractivity contribution in [2.45, 2.75) is 31.7 Å². The lowest BCUT2D eigenvalue weighted by Crippen LogP contribution is -2.45. The maximum absolute atomic E-state index is 13.4. The molecule has 3 amide bonds. The van der Waals surface area contributed by atoms with Gasteiger partial charge in [0.05, 0.1) is 23.8 Å². The smallest absolute Gasteiger partial charge is 0.294 e. The Morgan fingerprint density at radius 1 is 1.03 bits per heavy atom. The van der Waals surface area contributed by atoms with Crippen LogP contribution in [0.1, 0.15) is 46.6 Å². The van der Waals surface area contributed by atoms with E-state index < -0.39 is 5.91 Å². The molecule has 2 aliphatic rings. The van der Waals surface area contributed by atoms with E-state index in [2.05, 4.69) is 25.5 Å². The first-order valence-corrected chi connectivity index (χ1v) is 13.4. The Morgan fingerprint density at radius 3 is 2.44 bits per heavy atom. The Balaban J connectivity index is 1.38. The van der Waals surface area contributed by atoms with Crippen molar-refractivity contribution in [3.05, 3.63) is 46.9 Å². The van der Waals surface area contributed by atoms with Gasteiger partial charge in [-0.2, -0.15) is 0 Å². The van der Waals surface area contributed by atoms with Crippen molar-refractivity contribution in [1.29, 1.82) is 0 Å². The minimum absolute atomic E-state index is 0.126. The summed E-state index contributed by atoms with van der Waals surface area (Å²) in [5.41, 5.74) is 0.964. The monoisotopic (exact) mass is 554 g/mol. The first-order valence-electron chi connectivity index (χ1n) is 13.0. The van der Waals surface area contributed by atoms with E-state index in [0.717, 1.165) is 52.0 Å². The third kappa shape index (κ3) is 6.05. The van der Waals surface area contributed by atoms with Crippen LogP contribution in [0, 0.1) is 5.92 Å². The lowest BCUT2D eigenvalue weighted by molar-refractivity contribution is -0.121. The quantitative estimate of drug-likeness (QED) is 0.472. The minimum atomic E-state index is -0.616. The van der Waals surface area contributed by atoms with Crippen LogP contribution in [0.3, 0.4) is 0 Å². The van der Waals surface area contributed by atoms with Crippen molar-refractivity contribution >= 4 is 51.9 Å². The summed E-state index contributed by atoms with van der Waals surface area (Å²) in [4.78, 5) is 51.5. The zero-order chi connectivity index (χ0) is 27.5. The number of hydrogen-bond acceptors (Lipinski definition) is 8. The van der Waals surface area contributed by atoms with Gasteiger partial charge >= 0.3 is 0 Å². The second-order valence-electron chi connectivity index (χ2n) is 10.0. The van der Waals surface area contributed by atoms with E-state index in [4.69, 9.17) is 20.8 Å². The molecule has 1 saturated carbocycles. The molecular weight excluding hydrogens is 524 g/mol. The van der Waals surface area contributed by atoms with Crippen molar-refractivity contribution in [3.63, 3.8) is 0 Å². The summed E-state index contributed by atoms with van der Waals surface area (Å²) in [5, 5.41) is 6.01. The summed E-state index contributed by atoms with van der Waals surface area (Å²) in [6.45, 7) is 3.35. The van der Waals surface area contributed by atoms with Crippen LogP contribution in [0.2, 0.25) is 5.02 Å². The average Bonchev–Trinajstić information content (AvgIpc) is 3.32. The average molecular weight is 555 g/mol. The molecule has 206 valence electrons. The van der Waals surface area contributed by atoms with E-state index in [1.165, 1.54) is 23.4 Å². The number of amides is 3. The fraction of sp³-hybridized carbons (Fsp3) is 0.444. The lowest BCUT2D eigenvalue weighted by atomic mass is 9.84. The number of pyridine rings is 2. The SMILES string of the molecule is CN(C)C(=O)c1cnc2c(NC(=O)[C@H]3CC[C@H](N4CCOCC4)CC3)c(C(=O)Nc3ccc(Cl)cn3)oc2c1. The summed E-state index contributed by atoms with van der Waals surface area (Å²) < 4.78 is 11.3. The van der Waals surface area contributed by atoms with Gasteiger partial charge in [0.25, 0.3) is 11.8 Å². The van der Waals surface area contributed by atoms with E-state index in [9.17, 15) is 14.4 Å². The first kappa shape index (κ1) is 27.0.